The normalized spacial score (nSPS) is 13.8. The predicted octanol–water partition coefficient (Wildman–Crippen LogP) is 3.72. The zero-order valence-corrected chi connectivity index (χ0v) is 23.6. The summed E-state index contributed by atoms with van der Waals surface area (Å²) in [5.41, 5.74) is 0. The second-order valence-electron chi connectivity index (χ2n) is 8.52. The molecular weight excluding hydrogens is 411 g/mol. The monoisotopic (exact) mass is 458 g/mol. The summed E-state index contributed by atoms with van der Waals surface area (Å²) >= 11 is 0. The third-order valence-electron chi connectivity index (χ3n) is 5.75. The maximum atomic E-state index is 11.5. The first kappa shape index (κ1) is 32.7. The topological polar surface area (TPSA) is 77.4 Å². The van der Waals surface area contributed by atoms with Crippen molar-refractivity contribution in [2.45, 2.75) is 147 Å². The Morgan fingerprint density at radius 3 is 1.41 bits per heavy atom. The van der Waals surface area contributed by atoms with Crippen molar-refractivity contribution in [3.8, 4) is 0 Å². The molecule has 0 aromatic carbocycles. The molecule has 0 amide bonds. The Labute approximate surface area is 224 Å². The molecule has 0 radical (unpaired) electrons. The van der Waals surface area contributed by atoms with Gasteiger partial charge in [0.25, 0.3) is 0 Å². The number of aliphatic hydroxyl groups is 1. The van der Waals surface area contributed by atoms with E-state index in [1.54, 1.807) is 0 Å². The van der Waals surface area contributed by atoms with Crippen molar-refractivity contribution < 1.29 is 69.5 Å². The average molecular weight is 459 g/mol. The molecule has 2 unspecified atom stereocenters. The maximum absolute atomic E-state index is 11.5. The summed E-state index contributed by atoms with van der Waals surface area (Å²) in [5.74, 6) is 0. The minimum atomic E-state index is -4.26. The predicted molar refractivity (Wildman–Crippen MR) is 119 cm³/mol. The van der Waals surface area contributed by atoms with Crippen molar-refractivity contribution in [1.29, 1.82) is 0 Å². The molecule has 170 valence electrons. The molecule has 0 spiro atoms. The van der Waals surface area contributed by atoms with Crippen molar-refractivity contribution in [3.63, 3.8) is 0 Å². The fourth-order valence-corrected chi connectivity index (χ4v) is 4.68. The molecule has 0 saturated carbocycles. The Balaban J connectivity index is 0. The molecule has 0 aromatic rings. The van der Waals surface area contributed by atoms with E-state index in [-0.39, 0.29) is 51.4 Å². The van der Waals surface area contributed by atoms with Gasteiger partial charge in [0.05, 0.1) is 16.2 Å². The summed E-state index contributed by atoms with van der Waals surface area (Å²) in [6, 6.07) is 0. The molecule has 0 fully saturated rings. The van der Waals surface area contributed by atoms with Crippen molar-refractivity contribution >= 4 is 10.1 Å². The summed E-state index contributed by atoms with van der Waals surface area (Å²) in [4.78, 5) is 0. The van der Waals surface area contributed by atoms with Crippen molar-refractivity contribution in [3.05, 3.63) is 0 Å². The van der Waals surface area contributed by atoms with Gasteiger partial charge in [-0.25, -0.2) is 8.42 Å². The van der Waals surface area contributed by atoms with Gasteiger partial charge in [-0.2, -0.15) is 0 Å². The molecule has 0 saturated heterocycles. The van der Waals surface area contributed by atoms with Gasteiger partial charge in [-0.3, -0.25) is 0 Å². The van der Waals surface area contributed by atoms with Crippen molar-refractivity contribution in [2.24, 2.45) is 0 Å². The van der Waals surface area contributed by atoms with Crippen LogP contribution >= 0.6 is 0 Å². The minimum absolute atomic E-state index is 0. The zero-order chi connectivity index (χ0) is 21.1. The van der Waals surface area contributed by atoms with E-state index in [2.05, 4.69) is 13.8 Å². The van der Waals surface area contributed by atoms with E-state index in [0.29, 0.717) is 19.3 Å². The summed E-state index contributed by atoms with van der Waals surface area (Å²) in [6.45, 7) is 4.41. The first-order valence-electron chi connectivity index (χ1n) is 12.0. The largest absolute Gasteiger partial charge is 1.00 e. The average Bonchev–Trinajstić information content (AvgIpc) is 2.64. The molecular formula is C23H47KO4S. The SMILES string of the molecule is CCCCCCCCCCCC(CCC(O)CCCCCCCC)S(=O)(=O)[O-].[K+]. The third-order valence-corrected chi connectivity index (χ3v) is 7.04. The van der Waals surface area contributed by atoms with Gasteiger partial charge >= 0.3 is 51.4 Å². The smallest absolute Gasteiger partial charge is 0.748 e. The number of aliphatic hydroxyl groups excluding tert-OH is 1. The fraction of sp³-hybridized carbons (Fsp3) is 1.00. The van der Waals surface area contributed by atoms with Crippen molar-refractivity contribution in [1.82, 2.24) is 0 Å². The van der Waals surface area contributed by atoms with Crippen LogP contribution in [0.2, 0.25) is 0 Å². The summed E-state index contributed by atoms with van der Waals surface area (Å²) in [5, 5.41) is 9.28. The quantitative estimate of drug-likeness (QED) is 0.162. The first-order valence-corrected chi connectivity index (χ1v) is 13.5. The molecule has 1 N–H and O–H groups in total. The molecule has 0 heterocycles. The third kappa shape index (κ3) is 22.5. The van der Waals surface area contributed by atoms with Gasteiger partial charge in [-0.15, -0.1) is 0 Å². The van der Waals surface area contributed by atoms with Gasteiger partial charge in [-0.05, 0) is 25.7 Å². The molecule has 0 aliphatic heterocycles. The van der Waals surface area contributed by atoms with E-state index < -0.39 is 21.5 Å². The van der Waals surface area contributed by atoms with Crippen LogP contribution in [-0.4, -0.2) is 29.4 Å². The van der Waals surface area contributed by atoms with Gasteiger partial charge in [0.2, 0.25) is 0 Å². The molecule has 0 bridgehead atoms. The minimum Gasteiger partial charge on any atom is -0.748 e. The Kier molecular flexibility index (Phi) is 25.6. The van der Waals surface area contributed by atoms with E-state index in [0.717, 1.165) is 38.5 Å². The molecule has 6 heteroatoms. The second kappa shape index (κ2) is 22.7. The second-order valence-corrected chi connectivity index (χ2v) is 10.2. The van der Waals surface area contributed by atoms with Crippen LogP contribution in [0.3, 0.4) is 0 Å². The molecule has 0 aliphatic carbocycles. The number of hydrogen-bond donors (Lipinski definition) is 1. The molecule has 0 aromatic heterocycles. The Hall–Kier alpha value is 1.51. The molecule has 4 nitrogen and oxygen atoms in total. The fourth-order valence-electron chi connectivity index (χ4n) is 3.80. The van der Waals surface area contributed by atoms with Crippen LogP contribution in [0, 0.1) is 0 Å². The molecule has 0 aliphatic rings. The number of rotatable bonds is 21. The number of unbranched alkanes of at least 4 members (excludes halogenated alkanes) is 13. The van der Waals surface area contributed by atoms with Gasteiger partial charge in [0.1, 0.15) is 0 Å². The van der Waals surface area contributed by atoms with Gasteiger partial charge in [0, 0.05) is 5.25 Å². The van der Waals surface area contributed by atoms with Crippen LogP contribution in [0.5, 0.6) is 0 Å². The van der Waals surface area contributed by atoms with E-state index in [1.807, 2.05) is 0 Å². The van der Waals surface area contributed by atoms with Crippen LogP contribution in [0.4, 0.5) is 0 Å². The van der Waals surface area contributed by atoms with Crippen LogP contribution < -0.4 is 51.4 Å². The van der Waals surface area contributed by atoms with Gasteiger partial charge in [-0.1, -0.05) is 110 Å². The van der Waals surface area contributed by atoms with Gasteiger partial charge in [0.15, 0.2) is 0 Å². The van der Waals surface area contributed by atoms with Crippen LogP contribution in [0.25, 0.3) is 0 Å². The molecule has 29 heavy (non-hydrogen) atoms. The Morgan fingerprint density at radius 2 is 1.00 bits per heavy atom. The van der Waals surface area contributed by atoms with E-state index >= 15 is 0 Å². The van der Waals surface area contributed by atoms with E-state index in [1.165, 1.54) is 64.2 Å². The molecule has 0 rings (SSSR count). The Bertz CT molecular complexity index is 429. The molecule has 2 atom stereocenters. The Morgan fingerprint density at radius 1 is 0.621 bits per heavy atom. The number of hydrogen-bond acceptors (Lipinski definition) is 4. The van der Waals surface area contributed by atoms with Crippen LogP contribution in [-0.2, 0) is 10.1 Å². The van der Waals surface area contributed by atoms with Gasteiger partial charge < -0.3 is 9.66 Å². The summed E-state index contributed by atoms with van der Waals surface area (Å²) in [7, 11) is -4.26. The first-order chi connectivity index (χ1) is 13.4. The summed E-state index contributed by atoms with van der Waals surface area (Å²) < 4.78 is 34.6. The zero-order valence-electron chi connectivity index (χ0n) is 19.7. The standard InChI is InChI=1S/C23H48O4S.K/c1-3-5-7-9-11-12-13-15-17-19-23(28(25,26)27)21-20-22(24)18-16-14-10-8-6-4-2;/h22-24H,3-21H2,1-2H3,(H,25,26,27);/q;+1/p-1. The van der Waals surface area contributed by atoms with Crippen molar-refractivity contribution in [2.75, 3.05) is 0 Å². The summed E-state index contributed by atoms with van der Waals surface area (Å²) in [6.07, 6.45) is 19.1. The van der Waals surface area contributed by atoms with E-state index in [9.17, 15) is 18.1 Å². The van der Waals surface area contributed by atoms with Crippen LogP contribution in [0.15, 0.2) is 0 Å². The van der Waals surface area contributed by atoms with E-state index in [4.69, 9.17) is 0 Å². The van der Waals surface area contributed by atoms with Crippen LogP contribution in [0.1, 0.15) is 136 Å². The maximum Gasteiger partial charge on any atom is 1.00 e.